The van der Waals surface area contributed by atoms with E-state index in [1.54, 1.807) is 11.5 Å². The summed E-state index contributed by atoms with van der Waals surface area (Å²) in [5.74, 6) is -3.42. The third-order valence-corrected chi connectivity index (χ3v) is 4.21. The zero-order chi connectivity index (χ0) is 18.3. The third kappa shape index (κ3) is 2.97. The lowest BCUT2D eigenvalue weighted by Gasteiger charge is -2.17. The van der Waals surface area contributed by atoms with Crippen LogP contribution in [-0.4, -0.2) is 35.3 Å². The molecule has 1 amide bonds. The van der Waals surface area contributed by atoms with Crippen LogP contribution in [0.5, 0.6) is 5.75 Å². The molecule has 1 saturated carbocycles. The minimum Gasteiger partial charge on any atom is -0.491 e. The van der Waals surface area contributed by atoms with E-state index in [0.717, 1.165) is 18.9 Å². The average Bonchev–Trinajstić information content (AvgIpc) is 3.41. The van der Waals surface area contributed by atoms with Gasteiger partial charge in [-0.25, -0.2) is 4.39 Å². The monoisotopic (exact) mass is 352 g/mol. The lowest BCUT2D eigenvalue weighted by molar-refractivity contribution is 0.0920. The number of aliphatic hydroxyl groups excluding tert-OH is 1. The standard InChI is InChI=1S/C17H18F2N2O4/c1-8(7-22)20-17(24)11-6-21(9-3-4-9)14-10(15(11)23)5-12(18)13(19)16(14)25-2/h5-6,8-9,22H,3-4,7H2,1-2H3,(H,20,24)/t8-/m0/s1. The molecular formula is C17H18F2N2O4. The number of pyridine rings is 1. The highest BCUT2D eigenvalue weighted by Crippen LogP contribution is 2.40. The van der Waals surface area contributed by atoms with Crippen molar-refractivity contribution in [1.82, 2.24) is 9.88 Å². The molecule has 8 heteroatoms. The maximum Gasteiger partial charge on any atom is 0.257 e. The lowest BCUT2D eigenvalue weighted by atomic mass is 10.1. The first-order valence-electron chi connectivity index (χ1n) is 7.91. The Morgan fingerprint density at radius 1 is 1.48 bits per heavy atom. The van der Waals surface area contributed by atoms with E-state index in [9.17, 15) is 18.4 Å². The van der Waals surface area contributed by atoms with Gasteiger partial charge in [0.2, 0.25) is 11.2 Å². The number of nitrogens with one attached hydrogen (secondary N) is 1. The Labute approximate surface area is 142 Å². The Balaban J connectivity index is 2.29. The smallest absolute Gasteiger partial charge is 0.257 e. The summed E-state index contributed by atoms with van der Waals surface area (Å²) in [6, 6.07) is 0.237. The van der Waals surface area contributed by atoms with Crippen molar-refractivity contribution >= 4 is 16.8 Å². The summed E-state index contributed by atoms with van der Waals surface area (Å²) in [6.45, 7) is 1.29. The van der Waals surface area contributed by atoms with Gasteiger partial charge in [-0.3, -0.25) is 9.59 Å². The van der Waals surface area contributed by atoms with Crippen molar-refractivity contribution in [3.63, 3.8) is 0 Å². The first-order chi connectivity index (χ1) is 11.9. The number of ether oxygens (including phenoxy) is 1. The predicted octanol–water partition coefficient (Wildman–Crippen LogP) is 1.73. The fraction of sp³-hybridized carbons (Fsp3) is 0.412. The average molecular weight is 352 g/mol. The molecule has 0 radical (unpaired) electrons. The molecule has 0 unspecified atom stereocenters. The predicted molar refractivity (Wildman–Crippen MR) is 87.0 cm³/mol. The van der Waals surface area contributed by atoms with Crippen molar-refractivity contribution in [3.8, 4) is 5.75 Å². The van der Waals surface area contributed by atoms with Gasteiger partial charge < -0.3 is 19.7 Å². The molecule has 1 heterocycles. The number of carbonyl (C=O) groups is 1. The first-order valence-corrected chi connectivity index (χ1v) is 7.91. The summed E-state index contributed by atoms with van der Waals surface area (Å²) >= 11 is 0. The van der Waals surface area contributed by atoms with E-state index in [1.165, 1.54) is 13.3 Å². The number of amides is 1. The van der Waals surface area contributed by atoms with E-state index >= 15 is 0 Å². The highest BCUT2D eigenvalue weighted by atomic mass is 19.2. The molecule has 0 spiro atoms. The number of benzene rings is 1. The van der Waals surface area contributed by atoms with Crippen LogP contribution in [0.3, 0.4) is 0 Å². The van der Waals surface area contributed by atoms with Gasteiger partial charge in [-0.1, -0.05) is 0 Å². The van der Waals surface area contributed by atoms with Crippen LogP contribution in [0.2, 0.25) is 0 Å². The van der Waals surface area contributed by atoms with E-state index in [0.29, 0.717) is 0 Å². The second-order valence-corrected chi connectivity index (χ2v) is 6.17. The number of hydrogen-bond donors (Lipinski definition) is 2. The Morgan fingerprint density at radius 3 is 2.72 bits per heavy atom. The van der Waals surface area contributed by atoms with E-state index < -0.39 is 29.0 Å². The molecule has 0 aliphatic heterocycles. The number of halogens is 2. The Hall–Kier alpha value is -2.48. The molecule has 1 fully saturated rings. The van der Waals surface area contributed by atoms with E-state index in [4.69, 9.17) is 9.84 Å². The highest BCUT2D eigenvalue weighted by molar-refractivity contribution is 5.98. The van der Waals surface area contributed by atoms with Crippen LogP contribution >= 0.6 is 0 Å². The van der Waals surface area contributed by atoms with Crippen LogP contribution in [0, 0.1) is 11.6 Å². The van der Waals surface area contributed by atoms with Gasteiger partial charge in [0.25, 0.3) is 5.91 Å². The molecule has 1 aromatic heterocycles. The van der Waals surface area contributed by atoms with E-state index in [-0.39, 0.29) is 34.9 Å². The van der Waals surface area contributed by atoms with Gasteiger partial charge in [0, 0.05) is 18.3 Å². The van der Waals surface area contributed by atoms with Crippen LogP contribution in [-0.2, 0) is 0 Å². The molecule has 1 atom stereocenters. The first kappa shape index (κ1) is 17.3. The van der Waals surface area contributed by atoms with Crippen molar-refractivity contribution in [3.05, 3.63) is 39.7 Å². The third-order valence-electron chi connectivity index (χ3n) is 4.21. The molecule has 3 rings (SSSR count). The highest BCUT2D eigenvalue weighted by Gasteiger charge is 2.30. The minimum atomic E-state index is -1.22. The number of nitrogens with zero attached hydrogens (tertiary/aromatic N) is 1. The Kier molecular flexibility index (Phi) is 4.47. The van der Waals surface area contributed by atoms with Gasteiger partial charge in [-0.05, 0) is 25.8 Å². The van der Waals surface area contributed by atoms with Crippen molar-refractivity contribution in [2.45, 2.75) is 31.8 Å². The van der Waals surface area contributed by atoms with Gasteiger partial charge in [0.1, 0.15) is 5.56 Å². The van der Waals surface area contributed by atoms with Crippen LogP contribution in [0.25, 0.3) is 10.9 Å². The summed E-state index contributed by atoms with van der Waals surface area (Å²) in [5, 5.41) is 11.4. The summed E-state index contributed by atoms with van der Waals surface area (Å²) in [7, 11) is 1.20. The van der Waals surface area contributed by atoms with Gasteiger partial charge in [0.05, 0.1) is 24.6 Å². The zero-order valence-corrected chi connectivity index (χ0v) is 13.8. The quantitative estimate of drug-likeness (QED) is 0.859. The molecule has 1 aliphatic carbocycles. The molecule has 1 aliphatic rings. The van der Waals surface area contributed by atoms with E-state index in [1.807, 2.05) is 0 Å². The summed E-state index contributed by atoms with van der Waals surface area (Å²) in [6.07, 6.45) is 2.95. The lowest BCUT2D eigenvalue weighted by Crippen LogP contribution is -2.38. The molecule has 6 nitrogen and oxygen atoms in total. The topological polar surface area (TPSA) is 80.6 Å². The van der Waals surface area contributed by atoms with Gasteiger partial charge in [-0.15, -0.1) is 0 Å². The molecule has 2 N–H and O–H groups in total. The minimum absolute atomic E-state index is 0.0105. The summed E-state index contributed by atoms with van der Waals surface area (Å²) < 4.78 is 34.5. The van der Waals surface area contributed by atoms with Crippen molar-refractivity contribution in [1.29, 1.82) is 0 Å². The Bertz CT molecular complexity index is 906. The number of aromatic nitrogens is 1. The number of methoxy groups -OCH3 is 1. The van der Waals surface area contributed by atoms with Gasteiger partial charge in [0.15, 0.2) is 11.6 Å². The molecule has 0 bridgehead atoms. The Morgan fingerprint density at radius 2 is 2.16 bits per heavy atom. The van der Waals surface area contributed by atoms with Crippen LogP contribution in [0.4, 0.5) is 8.78 Å². The van der Waals surface area contributed by atoms with E-state index in [2.05, 4.69) is 5.32 Å². The maximum atomic E-state index is 14.1. The largest absolute Gasteiger partial charge is 0.491 e. The number of aliphatic hydroxyl groups is 1. The number of carbonyl (C=O) groups excluding carboxylic acids is 1. The second-order valence-electron chi connectivity index (χ2n) is 6.17. The fourth-order valence-corrected chi connectivity index (χ4v) is 2.77. The molecular weight excluding hydrogens is 334 g/mol. The van der Waals surface area contributed by atoms with Crippen LogP contribution < -0.4 is 15.5 Å². The number of hydrogen-bond acceptors (Lipinski definition) is 4. The molecule has 2 aromatic rings. The van der Waals surface area contributed by atoms with Crippen LogP contribution in [0.15, 0.2) is 17.1 Å². The van der Waals surface area contributed by atoms with Crippen LogP contribution in [0.1, 0.15) is 36.2 Å². The summed E-state index contributed by atoms with van der Waals surface area (Å²) in [5.41, 5.74) is -0.764. The molecule has 134 valence electrons. The fourth-order valence-electron chi connectivity index (χ4n) is 2.77. The summed E-state index contributed by atoms with van der Waals surface area (Å²) in [4.78, 5) is 25.0. The van der Waals surface area contributed by atoms with Gasteiger partial charge in [-0.2, -0.15) is 4.39 Å². The van der Waals surface area contributed by atoms with Crippen molar-refractivity contribution < 1.29 is 23.4 Å². The maximum absolute atomic E-state index is 14.1. The second kappa shape index (κ2) is 6.44. The molecule has 25 heavy (non-hydrogen) atoms. The number of fused-ring (bicyclic) bond motifs is 1. The molecule has 0 saturated heterocycles. The van der Waals surface area contributed by atoms with Crippen molar-refractivity contribution in [2.75, 3.05) is 13.7 Å². The van der Waals surface area contributed by atoms with Crippen molar-refractivity contribution in [2.24, 2.45) is 0 Å². The molecule has 1 aromatic carbocycles. The normalized spacial score (nSPS) is 15.2. The zero-order valence-electron chi connectivity index (χ0n) is 13.8. The SMILES string of the molecule is COc1c(F)c(F)cc2c(=O)c(C(=O)N[C@@H](C)CO)cn(C3CC3)c12. The number of rotatable bonds is 5. The van der Waals surface area contributed by atoms with Gasteiger partial charge >= 0.3 is 0 Å².